The van der Waals surface area contributed by atoms with Crippen LogP contribution in [0.2, 0.25) is 0 Å². The Balaban J connectivity index is 1.46. The average Bonchev–Trinajstić information content (AvgIpc) is 3.52. The molecule has 4 aliphatic rings. The van der Waals surface area contributed by atoms with E-state index in [0.29, 0.717) is 12.2 Å². The predicted molar refractivity (Wildman–Crippen MR) is 128 cm³/mol. The van der Waals surface area contributed by atoms with Gasteiger partial charge in [0.25, 0.3) is 0 Å². The maximum Gasteiger partial charge on any atom is 0.250 e. The number of benzene rings is 3. The molecule has 3 fully saturated rings. The molecule has 0 radical (unpaired) electrons. The summed E-state index contributed by atoms with van der Waals surface area (Å²) in [5, 5.41) is 4.85. The summed E-state index contributed by atoms with van der Waals surface area (Å²) >= 11 is 3.54. The van der Waals surface area contributed by atoms with E-state index in [1.165, 1.54) is 4.90 Å². The molecule has 164 valence electrons. The molecule has 4 heterocycles. The fourth-order valence-corrected chi connectivity index (χ4v) is 7.18. The third-order valence-electron chi connectivity index (χ3n) is 7.96. The van der Waals surface area contributed by atoms with Gasteiger partial charge in [-0.2, -0.15) is 0 Å². The molecule has 0 bridgehead atoms. The lowest BCUT2D eigenvalue weighted by atomic mass is 9.75. The Kier molecular flexibility index (Phi) is 3.84. The van der Waals surface area contributed by atoms with Gasteiger partial charge in [0.1, 0.15) is 5.54 Å². The fraction of sp³-hybridized carbons (Fsp3) is 0.269. The van der Waals surface area contributed by atoms with Crippen molar-refractivity contribution in [2.45, 2.75) is 24.4 Å². The summed E-state index contributed by atoms with van der Waals surface area (Å²) in [7, 11) is 0. The van der Waals surface area contributed by atoms with Gasteiger partial charge in [-0.25, -0.2) is 4.90 Å². The number of fused-ring (bicyclic) bond motifs is 8. The normalized spacial score (nSPS) is 30.3. The number of amides is 3. The van der Waals surface area contributed by atoms with Gasteiger partial charge in [-0.3, -0.25) is 19.3 Å². The fourth-order valence-electron chi connectivity index (χ4n) is 6.82. The maximum atomic E-state index is 14.2. The minimum atomic E-state index is -1.16. The molecule has 1 spiro atoms. The van der Waals surface area contributed by atoms with Crippen LogP contribution in [-0.4, -0.2) is 35.2 Å². The summed E-state index contributed by atoms with van der Waals surface area (Å²) < 4.78 is 0.846. The molecule has 3 amide bonds. The van der Waals surface area contributed by atoms with Gasteiger partial charge >= 0.3 is 0 Å². The van der Waals surface area contributed by atoms with E-state index >= 15 is 0 Å². The van der Waals surface area contributed by atoms with Crippen LogP contribution >= 0.6 is 15.9 Å². The largest absolute Gasteiger partial charge is 0.324 e. The number of nitrogens with zero attached hydrogens (tertiary/aromatic N) is 2. The van der Waals surface area contributed by atoms with Crippen LogP contribution in [0.4, 0.5) is 11.4 Å². The van der Waals surface area contributed by atoms with Crippen molar-refractivity contribution in [1.29, 1.82) is 0 Å². The number of hydrogen-bond acceptors (Lipinski definition) is 4. The predicted octanol–water partition coefficient (Wildman–Crippen LogP) is 4.03. The SMILES string of the molecule is O=C1[C@@H]2[C@H]3CCCN3[C@@]3(C(=O)Nc4ccc(Br)cc43)[C@@H]2C(=O)N1c1cccc2ccccc12. The number of anilines is 2. The summed E-state index contributed by atoms with van der Waals surface area (Å²) in [6.07, 6.45) is 1.71. The molecule has 0 aliphatic carbocycles. The minimum Gasteiger partial charge on any atom is -0.324 e. The molecule has 7 rings (SSSR count). The second-order valence-corrected chi connectivity index (χ2v) is 10.2. The smallest absolute Gasteiger partial charge is 0.250 e. The van der Waals surface area contributed by atoms with E-state index in [1.54, 1.807) is 0 Å². The molecule has 0 saturated carbocycles. The van der Waals surface area contributed by atoms with Crippen LogP contribution in [0.15, 0.2) is 65.1 Å². The summed E-state index contributed by atoms with van der Waals surface area (Å²) in [5.74, 6) is -1.94. The maximum absolute atomic E-state index is 14.2. The molecule has 4 atom stereocenters. The van der Waals surface area contributed by atoms with Crippen molar-refractivity contribution in [3.8, 4) is 0 Å². The second-order valence-electron chi connectivity index (χ2n) is 9.33. The van der Waals surface area contributed by atoms with Crippen LogP contribution in [0.3, 0.4) is 0 Å². The van der Waals surface area contributed by atoms with Gasteiger partial charge in [-0.05, 0) is 49.0 Å². The van der Waals surface area contributed by atoms with Gasteiger partial charge in [0.15, 0.2) is 0 Å². The van der Waals surface area contributed by atoms with Crippen molar-refractivity contribution in [2.24, 2.45) is 11.8 Å². The Bertz CT molecular complexity index is 1400. The van der Waals surface area contributed by atoms with Crippen molar-refractivity contribution in [3.63, 3.8) is 0 Å². The highest BCUT2D eigenvalue weighted by Crippen LogP contribution is 2.61. The van der Waals surface area contributed by atoms with Gasteiger partial charge < -0.3 is 5.32 Å². The first-order valence-electron chi connectivity index (χ1n) is 11.3. The third kappa shape index (κ3) is 2.24. The van der Waals surface area contributed by atoms with Crippen molar-refractivity contribution in [3.05, 3.63) is 70.7 Å². The van der Waals surface area contributed by atoms with Gasteiger partial charge in [0, 0.05) is 27.2 Å². The number of carbonyl (C=O) groups excluding carboxylic acids is 3. The van der Waals surface area contributed by atoms with E-state index in [4.69, 9.17) is 0 Å². The number of carbonyl (C=O) groups is 3. The first-order valence-corrected chi connectivity index (χ1v) is 12.1. The molecule has 33 heavy (non-hydrogen) atoms. The van der Waals surface area contributed by atoms with Gasteiger partial charge in [-0.15, -0.1) is 0 Å². The third-order valence-corrected chi connectivity index (χ3v) is 8.46. The van der Waals surface area contributed by atoms with E-state index < -0.39 is 17.4 Å². The number of halogens is 1. The summed E-state index contributed by atoms with van der Waals surface area (Å²) in [5.41, 5.74) is 0.961. The van der Waals surface area contributed by atoms with Crippen molar-refractivity contribution >= 4 is 55.8 Å². The van der Waals surface area contributed by atoms with E-state index in [-0.39, 0.29) is 23.8 Å². The first kappa shape index (κ1) is 19.4. The second kappa shape index (κ2) is 6.52. The molecule has 3 saturated heterocycles. The first-order chi connectivity index (χ1) is 16.0. The van der Waals surface area contributed by atoms with Gasteiger partial charge in [0.05, 0.1) is 17.5 Å². The number of hydrogen-bond donors (Lipinski definition) is 1. The minimum absolute atomic E-state index is 0.123. The Morgan fingerprint density at radius 2 is 1.79 bits per heavy atom. The Labute approximate surface area is 198 Å². The molecule has 4 aliphatic heterocycles. The zero-order valence-corrected chi connectivity index (χ0v) is 19.2. The topological polar surface area (TPSA) is 69.7 Å². The Morgan fingerprint density at radius 1 is 0.970 bits per heavy atom. The number of imide groups is 1. The molecular formula is C26H20BrN3O3. The number of nitrogens with one attached hydrogen (secondary N) is 1. The highest BCUT2D eigenvalue weighted by molar-refractivity contribution is 9.10. The van der Waals surface area contributed by atoms with Crippen LogP contribution in [0, 0.1) is 11.8 Å². The van der Waals surface area contributed by atoms with Crippen molar-refractivity contribution in [2.75, 3.05) is 16.8 Å². The van der Waals surface area contributed by atoms with Crippen LogP contribution in [0.1, 0.15) is 18.4 Å². The summed E-state index contributed by atoms with van der Waals surface area (Å²) in [6.45, 7) is 0.700. The van der Waals surface area contributed by atoms with Gasteiger partial charge in [-0.1, -0.05) is 52.3 Å². The molecular weight excluding hydrogens is 482 g/mol. The molecule has 0 aromatic heterocycles. The summed E-state index contributed by atoms with van der Waals surface area (Å²) in [4.78, 5) is 45.3. The Morgan fingerprint density at radius 3 is 2.67 bits per heavy atom. The lowest BCUT2D eigenvalue weighted by Crippen LogP contribution is -2.54. The zero-order valence-electron chi connectivity index (χ0n) is 17.6. The van der Waals surface area contributed by atoms with Crippen LogP contribution in [0.5, 0.6) is 0 Å². The quantitative estimate of drug-likeness (QED) is 0.511. The van der Waals surface area contributed by atoms with Crippen LogP contribution < -0.4 is 10.2 Å². The standard InChI is InChI=1S/C26H20BrN3O3/c27-15-10-11-18-17(13-15)26(25(33)28-18)22-21(20-9-4-12-29(20)26)23(31)30(24(22)32)19-8-3-6-14-5-1-2-7-16(14)19/h1-3,5-8,10-11,13,20-22H,4,9,12H2,(H,28,33)/t20-,21-,22+,26-/m1/s1. The Hall–Kier alpha value is -3.03. The molecule has 6 nitrogen and oxygen atoms in total. The van der Waals surface area contributed by atoms with E-state index in [1.807, 2.05) is 60.7 Å². The highest BCUT2D eigenvalue weighted by atomic mass is 79.9. The van der Waals surface area contributed by atoms with Crippen LogP contribution in [0.25, 0.3) is 10.8 Å². The molecule has 3 aromatic carbocycles. The lowest BCUT2D eigenvalue weighted by Gasteiger charge is -2.36. The monoisotopic (exact) mass is 501 g/mol. The van der Waals surface area contributed by atoms with E-state index in [2.05, 4.69) is 26.1 Å². The van der Waals surface area contributed by atoms with Crippen molar-refractivity contribution < 1.29 is 14.4 Å². The zero-order chi connectivity index (χ0) is 22.5. The van der Waals surface area contributed by atoms with Gasteiger partial charge in [0.2, 0.25) is 17.7 Å². The average molecular weight is 502 g/mol. The lowest BCUT2D eigenvalue weighted by molar-refractivity contribution is -0.135. The molecule has 3 aromatic rings. The summed E-state index contributed by atoms with van der Waals surface area (Å²) in [6, 6.07) is 19.0. The highest BCUT2D eigenvalue weighted by Gasteiger charge is 2.74. The van der Waals surface area contributed by atoms with Crippen LogP contribution in [-0.2, 0) is 19.9 Å². The van der Waals surface area contributed by atoms with E-state index in [0.717, 1.165) is 39.3 Å². The van der Waals surface area contributed by atoms with Crippen molar-refractivity contribution in [1.82, 2.24) is 4.90 Å². The molecule has 7 heteroatoms. The van der Waals surface area contributed by atoms with E-state index in [9.17, 15) is 14.4 Å². The molecule has 0 unspecified atom stereocenters. The molecule has 1 N–H and O–H groups in total. The number of rotatable bonds is 1.